The van der Waals surface area contributed by atoms with Gasteiger partial charge in [0, 0.05) is 13.1 Å². The Labute approximate surface area is 202 Å². The molecule has 1 saturated heterocycles. The highest BCUT2D eigenvalue weighted by Gasteiger charge is 2.17. The molecule has 2 heterocycles. The second kappa shape index (κ2) is 12.0. The monoisotopic (exact) mass is 485 g/mol. The maximum atomic E-state index is 14.1. The average Bonchev–Trinajstić information content (AvgIpc) is 2.84. The van der Waals surface area contributed by atoms with Gasteiger partial charge in [0.1, 0.15) is 11.5 Å². The molecule has 1 amide bonds. The molecule has 0 unspecified atom stereocenters. The lowest BCUT2D eigenvalue weighted by atomic mass is 10.2. The first kappa shape index (κ1) is 25.0. The number of para-hydroxylation sites is 1. The average molecular weight is 486 g/mol. The molecule has 0 radical (unpaired) electrons. The van der Waals surface area contributed by atoms with Gasteiger partial charge in [0.15, 0.2) is 5.82 Å². The van der Waals surface area contributed by atoms with Crippen molar-refractivity contribution in [2.45, 2.75) is 13.8 Å². The van der Waals surface area contributed by atoms with Crippen LogP contribution in [0.3, 0.4) is 0 Å². The molecule has 2 aromatic rings. The van der Waals surface area contributed by atoms with E-state index in [0.717, 1.165) is 5.56 Å². The van der Waals surface area contributed by atoms with Crippen LogP contribution in [0, 0.1) is 6.92 Å². The summed E-state index contributed by atoms with van der Waals surface area (Å²) < 4.78 is 19.4. The van der Waals surface area contributed by atoms with E-state index >= 15 is 0 Å². The number of ether oxygens (including phenoxy) is 1. The molecule has 1 aromatic heterocycles. The fourth-order valence-corrected chi connectivity index (χ4v) is 3.38. The summed E-state index contributed by atoms with van der Waals surface area (Å²) in [5, 5.41) is 7.26. The van der Waals surface area contributed by atoms with E-state index in [1.165, 1.54) is 13.1 Å². The normalized spacial score (nSPS) is 15.2. The third-order valence-electron chi connectivity index (χ3n) is 4.81. The smallest absolute Gasteiger partial charge is 0.274 e. The van der Waals surface area contributed by atoms with Crippen molar-refractivity contribution in [3.63, 3.8) is 0 Å². The molecule has 3 rings (SSSR count). The standard InChI is InChI=1S/C23H25ClFN7O2/c1-15-6-4-8-18(24)20(15)29-22(33)19-9-5-7-17(28-19)14-27-31-23(26-3)30-21(16(2)25)32-10-12-34-13-11-32/h4-9,14H,3,10-13H2,1-2H3,(H,29,33)(H,30,31)/b21-16-,27-14+. The lowest BCUT2D eigenvalue weighted by molar-refractivity contribution is 0.0518. The molecule has 178 valence electrons. The number of aliphatic imine (C=N–C) groups is 2. The van der Waals surface area contributed by atoms with Crippen LogP contribution in [0.4, 0.5) is 10.1 Å². The summed E-state index contributed by atoms with van der Waals surface area (Å²) in [6.45, 7) is 8.62. The topological polar surface area (TPSA) is 104 Å². The Morgan fingerprint density at radius 1 is 1.26 bits per heavy atom. The van der Waals surface area contributed by atoms with E-state index in [9.17, 15) is 9.18 Å². The Kier molecular flexibility index (Phi) is 8.83. The summed E-state index contributed by atoms with van der Waals surface area (Å²) in [4.78, 5) is 26.7. The molecule has 0 spiro atoms. The van der Waals surface area contributed by atoms with Gasteiger partial charge < -0.3 is 15.0 Å². The third kappa shape index (κ3) is 6.69. The van der Waals surface area contributed by atoms with Crippen LogP contribution in [0.1, 0.15) is 28.7 Å². The van der Waals surface area contributed by atoms with E-state index < -0.39 is 11.7 Å². The number of nitrogens with zero attached hydrogens (tertiary/aromatic N) is 5. The second-order valence-corrected chi connectivity index (χ2v) is 7.66. The highest BCUT2D eigenvalue weighted by atomic mass is 35.5. The SMILES string of the molecule is C=NC(=N/C(=C(\C)F)N1CCOCC1)N/N=C/c1cccc(C(=O)Nc2c(C)cccc2Cl)n1. The largest absolute Gasteiger partial charge is 0.378 e. The van der Waals surface area contributed by atoms with E-state index in [0.29, 0.717) is 42.7 Å². The summed E-state index contributed by atoms with van der Waals surface area (Å²) >= 11 is 6.18. The summed E-state index contributed by atoms with van der Waals surface area (Å²) in [7, 11) is 0. The number of halogens is 2. The van der Waals surface area contributed by atoms with Gasteiger partial charge >= 0.3 is 0 Å². The van der Waals surface area contributed by atoms with Gasteiger partial charge in [-0.15, -0.1) is 0 Å². The Morgan fingerprint density at radius 2 is 2.00 bits per heavy atom. The zero-order chi connectivity index (χ0) is 24.5. The van der Waals surface area contributed by atoms with Crippen LogP contribution < -0.4 is 10.7 Å². The van der Waals surface area contributed by atoms with Gasteiger partial charge in [0.05, 0.1) is 35.8 Å². The van der Waals surface area contributed by atoms with Gasteiger partial charge in [-0.1, -0.05) is 29.8 Å². The van der Waals surface area contributed by atoms with Gasteiger partial charge in [-0.25, -0.2) is 19.8 Å². The quantitative estimate of drug-likeness (QED) is 0.368. The van der Waals surface area contributed by atoms with Crippen LogP contribution in [-0.4, -0.2) is 61.0 Å². The molecular weight excluding hydrogens is 461 g/mol. The van der Waals surface area contributed by atoms with Crippen LogP contribution in [0.25, 0.3) is 0 Å². The zero-order valence-electron chi connectivity index (χ0n) is 18.9. The number of rotatable bonds is 6. The second-order valence-electron chi connectivity index (χ2n) is 7.25. The van der Waals surface area contributed by atoms with Crippen LogP contribution in [0.5, 0.6) is 0 Å². The fourth-order valence-electron chi connectivity index (χ4n) is 3.11. The number of anilines is 1. The molecule has 9 nitrogen and oxygen atoms in total. The van der Waals surface area contributed by atoms with Crippen molar-refractivity contribution in [3.05, 3.63) is 70.0 Å². The Hall–Kier alpha value is -3.63. The maximum absolute atomic E-state index is 14.1. The van der Waals surface area contributed by atoms with Crippen molar-refractivity contribution in [2.75, 3.05) is 31.6 Å². The molecule has 34 heavy (non-hydrogen) atoms. The first-order chi connectivity index (χ1) is 16.4. The minimum Gasteiger partial charge on any atom is -0.378 e. The van der Waals surface area contributed by atoms with Crippen LogP contribution >= 0.6 is 11.6 Å². The van der Waals surface area contributed by atoms with Crippen molar-refractivity contribution in [1.29, 1.82) is 0 Å². The van der Waals surface area contributed by atoms with Gasteiger partial charge in [0.2, 0.25) is 5.96 Å². The summed E-state index contributed by atoms with van der Waals surface area (Å²) in [5.41, 5.74) is 4.57. The first-order valence-corrected chi connectivity index (χ1v) is 10.8. The van der Waals surface area contributed by atoms with E-state index in [-0.39, 0.29) is 17.5 Å². The number of guanidine groups is 1. The molecular formula is C23H25ClFN7O2. The maximum Gasteiger partial charge on any atom is 0.274 e. The van der Waals surface area contributed by atoms with Crippen molar-refractivity contribution >= 4 is 42.1 Å². The number of aryl methyl sites for hydroxylation is 1. The van der Waals surface area contributed by atoms with Gasteiger partial charge in [-0.2, -0.15) is 10.1 Å². The number of aromatic nitrogens is 1. The molecule has 11 heteroatoms. The van der Waals surface area contributed by atoms with Crippen molar-refractivity contribution in [1.82, 2.24) is 15.3 Å². The van der Waals surface area contributed by atoms with Crippen molar-refractivity contribution in [2.24, 2.45) is 15.1 Å². The fraction of sp³-hybridized carbons (Fsp3) is 0.261. The number of carbonyl (C=O) groups is 1. The predicted molar refractivity (Wildman–Crippen MR) is 132 cm³/mol. The molecule has 0 aliphatic carbocycles. The molecule has 0 atom stereocenters. The number of benzene rings is 1. The highest BCUT2D eigenvalue weighted by molar-refractivity contribution is 6.34. The summed E-state index contributed by atoms with van der Waals surface area (Å²) in [5.74, 6) is -0.714. The number of nitrogens with one attached hydrogen (secondary N) is 2. The first-order valence-electron chi connectivity index (χ1n) is 10.5. The molecule has 2 N–H and O–H groups in total. The van der Waals surface area contributed by atoms with Crippen molar-refractivity contribution < 1.29 is 13.9 Å². The van der Waals surface area contributed by atoms with E-state index in [4.69, 9.17) is 16.3 Å². The van der Waals surface area contributed by atoms with E-state index in [2.05, 4.69) is 37.5 Å². The Bertz CT molecular complexity index is 1120. The number of amides is 1. The highest BCUT2D eigenvalue weighted by Crippen LogP contribution is 2.25. The molecule has 1 aliphatic heterocycles. The van der Waals surface area contributed by atoms with Crippen LogP contribution in [0.2, 0.25) is 5.02 Å². The number of pyridine rings is 1. The molecule has 1 aromatic carbocycles. The summed E-state index contributed by atoms with van der Waals surface area (Å²) in [6.07, 6.45) is 1.39. The number of morpholine rings is 1. The number of carbonyl (C=O) groups excluding carboxylic acids is 1. The lowest BCUT2D eigenvalue weighted by Crippen LogP contribution is -2.36. The van der Waals surface area contributed by atoms with E-state index in [1.54, 1.807) is 35.2 Å². The van der Waals surface area contributed by atoms with Crippen LogP contribution in [0.15, 0.2) is 63.1 Å². The van der Waals surface area contributed by atoms with Gasteiger partial charge in [0.25, 0.3) is 5.91 Å². The minimum absolute atomic E-state index is 0.0119. The number of allylic oxidation sites excluding steroid dienone is 1. The Morgan fingerprint density at radius 3 is 2.68 bits per heavy atom. The van der Waals surface area contributed by atoms with Crippen molar-refractivity contribution in [3.8, 4) is 0 Å². The number of hydrazone groups is 1. The molecule has 0 saturated carbocycles. The molecule has 1 aliphatic rings. The Balaban J connectivity index is 1.70. The summed E-state index contributed by atoms with van der Waals surface area (Å²) in [6, 6.07) is 10.3. The van der Waals surface area contributed by atoms with Gasteiger partial charge in [-0.3, -0.25) is 4.79 Å². The van der Waals surface area contributed by atoms with E-state index in [1.807, 2.05) is 13.0 Å². The lowest BCUT2D eigenvalue weighted by Gasteiger charge is -2.28. The molecule has 0 bridgehead atoms. The molecule has 1 fully saturated rings. The number of hydrogen-bond donors (Lipinski definition) is 2. The zero-order valence-corrected chi connectivity index (χ0v) is 19.6. The van der Waals surface area contributed by atoms with Crippen LogP contribution in [-0.2, 0) is 4.74 Å². The van der Waals surface area contributed by atoms with Gasteiger partial charge in [-0.05, 0) is 44.3 Å². The predicted octanol–water partition coefficient (Wildman–Crippen LogP) is 3.77. The minimum atomic E-state index is -0.456. The number of hydrogen-bond acceptors (Lipinski definition) is 6. The third-order valence-corrected chi connectivity index (χ3v) is 5.12.